The molecule has 0 unspecified atom stereocenters. The van der Waals surface area contributed by atoms with Crippen molar-refractivity contribution in [2.45, 2.75) is 0 Å². The lowest BCUT2D eigenvalue weighted by Crippen LogP contribution is -2.08. The Balaban J connectivity index is 3.02. The van der Waals surface area contributed by atoms with Gasteiger partial charge in [-0.1, -0.05) is 5.92 Å². The summed E-state index contributed by atoms with van der Waals surface area (Å²) in [7, 11) is 0. The van der Waals surface area contributed by atoms with Crippen LogP contribution < -0.4 is 11.3 Å². The third-order valence-electron chi connectivity index (χ3n) is 1.40. The first-order valence-electron chi connectivity index (χ1n) is 3.49. The zero-order chi connectivity index (χ0) is 9.68. The summed E-state index contributed by atoms with van der Waals surface area (Å²) < 4.78 is 13.0. The van der Waals surface area contributed by atoms with Gasteiger partial charge < -0.3 is 5.43 Å². The summed E-state index contributed by atoms with van der Waals surface area (Å²) in [5.74, 6) is 9.16. The van der Waals surface area contributed by atoms with E-state index >= 15 is 0 Å². The van der Waals surface area contributed by atoms with Crippen molar-refractivity contribution in [1.82, 2.24) is 0 Å². The predicted octanol–water partition coefficient (Wildman–Crippen LogP) is 0.662. The van der Waals surface area contributed by atoms with E-state index in [4.69, 9.17) is 5.84 Å². The summed E-state index contributed by atoms with van der Waals surface area (Å²) in [4.78, 5) is 9.89. The Bertz CT molecular complexity index is 379. The van der Waals surface area contributed by atoms with E-state index in [2.05, 4.69) is 17.3 Å². The Kier molecular flexibility index (Phi) is 3.01. The van der Waals surface area contributed by atoms with Crippen LogP contribution >= 0.6 is 0 Å². The Labute approximate surface area is 74.7 Å². The van der Waals surface area contributed by atoms with Crippen LogP contribution in [0.3, 0.4) is 0 Å². The molecule has 1 rings (SSSR count). The van der Waals surface area contributed by atoms with Gasteiger partial charge in [-0.3, -0.25) is 10.6 Å². The van der Waals surface area contributed by atoms with Gasteiger partial charge in [-0.25, -0.2) is 4.39 Å². The lowest BCUT2D eigenvalue weighted by molar-refractivity contribution is -0.103. The largest absolute Gasteiger partial charge is 0.321 e. The van der Waals surface area contributed by atoms with E-state index in [9.17, 15) is 9.18 Å². The van der Waals surface area contributed by atoms with Crippen LogP contribution in [0.4, 0.5) is 10.1 Å². The number of aldehydes is 1. The Morgan fingerprint density at radius 1 is 1.54 bits per heavy atom. The molecule has 0 aliphatic heterocycles. The molecule has 3 N–H and O–H groups in total. The van der Waals surface area contributed by atoms with Crippen LogP contribution in [0, 0.1) is 17.7 Å². The summed E-state index contributed by atoms with van der Waals surface area (Å²) in [6.07, 6.45) is 0.451. The van der Waals surface area contributed by atoms with Gasteiger partial charge >= 0.3 is 0 Å². The average molecular weight is 178 g/mol. The zero-order valence-corrected chi connectivity index (χ0v) is 6.67. The van der Waals surface area contributed by atoms with Crippen LogP contribution in [-0.4, -0.2) is 6.29 Å². The molecule has 0 aliphatic rings. The standard InChI is InChI=1S/C9H7FN2O/c10-8-6-7(2-1-5-13)3-4-9(8)12-11/h3-6,12H,11H2. The minimum absolute atomic E-state index is 0.191. The van der Waals surface area contributed by atoms with Gasteiger partial charge in [0.15, 0.2) is 6.29 Å². The average Bonchev–Trinajstić information content (AvgIpc) is 2.15. The van der Waals surface area contributed by atoms with Crippen molar-refractivity contribution in [3.05, 3.63) is 29.6 Å². The minimum atomic E-state index is -0.500. The van der Waals surface area contributed by atoms with Gasteiger partial charge in [0, 0.05) is 5.56 Å². The van der Waals surface area contributed by atoms with Crippen molar-refractivity contribution in [3.8, 4) is 11.8 Å². The quantitative estimate of drug-likeness (QED) is 0.287. The van der Waals surface area contributed by atoms with Crippen LogP contribution in [0.1, 0.15) is 5.56 Å². The molecule has 66 valence electrons. The topological polar surface area (TPSA) is 55.1 Å². The van der Waals surface area contributed by atoms with Crippen molar-refractivity contribution in [1.29, 1.82) is 0 Å². The first-order valence-corrected chi connectivity index (χ1v) is 3.49. The van der Waals surface area contributed by atoms with Crippen molar-refractivity contribution in [2.75, 3.05) is 5.43 Å². The summed E-state index contributed by atoms with van der Waals surface area (Å²) in [5, 5.41) is 0. The second-order valence-electron chi connectivity index (χ2n) is 2.23. The molecule has 13 heavy (non-hydrogen) atoms. The number of halogens is 1. The number of rotatable bonds is 1. The molecule has 1 aromatic carbocycles. The van der Waals surface area contributed by atoms with E-state index in [0.717, 1.165) is 0 Å². The highest BCUT2D eigenvalue weighted by atomic mass is 19.1. The summed E-state index contributed by atoms with van der Waals surface area (Å²) in [6, 6.07) is 4.21. The van der Waals surface area contributed by atoms with Crippen molar-refractivity contribution in [2.24, 2.45) is 5.84 Å². The maximum absolute atomic E-state index is 13.0. The number of nitrogens with one attached hydrogen (secondary N) is 1. The van der Waals surface area contributed by atoms with Gasteiger partial charge in [0.25, 0.3) is 0 Å². The molecule has 4 heteroatoms. The highest BCUT2D eigenvalue weighted by Crippen LogP contribution is 2.13. The van der Waals surface area contributed by atoms with Gasteiger partial charge in [-0.15, -0.1) is 0 Å². The van der Waals surface area contributed by atoms with Crippen molar-refractivity contribution in [3.63, 3.8) is 0 Å². The molecule has 0 saturated carbocycles. The number of carbonyl (C=O) groups is 1. The lowest BCUT2D eigenvalue weighted by Gasteiger charge is -2.00. The van der Waals surface area contributed by atoms with E-state index in [0.29, 0.717) is 11.8 Å². The third-order valence-corrected chi connectivity index (χ3v) is 1.40. The molecular weight excluding hydrogens is 171 g/mol. The monoisotopic (exact) mass is 178 g/mol. The molecule has 0 fully saturated rings. The molecule has 0 bridgehead atoms. The first-order chi connectivity index (χ1) is 6.27. The van der Waals surface area contributed by atoms with Gasteiger partial charge in [0.2, 0.25) is 0 Å². The maximum Gasteiger partial charge on any atom is 0.193 e. The lowest BCUT2D eigenvalue weighted by atomic mass is 10.2. The molecule has 0 aliphatic carbocycles. The number of benzene rings is 1. The number of hydrogen-bond donors (Lipinski definition) is 2. The molecule has 0 radical (unpaired) electrons. The van der Waals surface area contributed by atoms with Gasteiger partial charge in [0.05, 0.1) is 5.69 Å². The number of nitrogen functional groups attached to an aromatic ring is 1. The normalized spacial score (nSPS) is 8.46. The van der Waals surface area contributed by atoms with Gasteiger partial charge in [-0.05, 0) is 24.1 Å². The Morgan fingerprint density at radius 2 is 2.31 bits per heavy atom. The van der Waals surface area contributed by atoms with Crippen LogP contribution in [0.25, 0.3) is 0 Å². The number of hydrazine groups is 1. The highest BCUT2D eigenvalue weighted by molar-refractivity contribution is 5.74. The SMILES string of the molecule is NNc1ccc(C#CC=O)cc1F. The Morgan fingerprint density at radius 3 is 2.85 bits per heavy atom. The van der Waals surface area contributed by atoms with Crippen molar-refractivity contribution < 1.29 is 9.18 Å². The van der Waals surface area contributed by atoms with Crippen molar-refractivity contribution >= 4 is 12.0 Å². The molecular formula is C9H7FN2O. The van der Waals surface area contributed by atoms with Gasteiger partial charge in [0.1, 0.15) is 5.82 Å². The summed E-state index contributed by atoms with van der Waals surface area (Å²) >= 11 is 0. The molecule has 0 heterocycles. The fraction of sp³-hybridized carbons (Fsp3) is 0. The van der Waals surface area contributed by atoms with E-state index in [1.807, 2.05) is 0 Å². The van der Waals surface area contributed by atoms with Crippen LogP contribution in [0.2, 0.25) is 0 Å². The van der Waals surface area contributed by atoms with E-state index in [-0.39, 0.29) is 5.69 Å². The molecule has 0 atom stereocenters. The second kappa shape index (κ2) is 4.24. The van der Waals surface area contributed by atoms with Crippen LogP contribution in [-0.2, 0) is 4.79 Å². The summed E-state index contributed by atoms with van der Waals surface area (Å²) in [6.45, 7) is 0. The fourth-order valence-electron chi connectivity index (χ4n) is 0.823. The number of hydrogen-bond acceptors (Lipinski definition) is 3. The molecule has 0 aromatic heterocycles. The fourth-order valence-corrected chi connectivity index (χ4v) is 0.823. The maximum atomic E-state index is 13.0. The van der Waals surface area contributed by atoms with Gasteiger partial charge in [-0.2, -0.15) is 0 Å². The van der Waals surface area contributed by atoms with E-state index < -0.39 is 5.82 Å². The second-order valence-corrected chi connectivity index (χ2v) is 2.23. The van der Waals surface area contributed by atoms with Crippen LogP contribution in [0.5, 0.6) is 0 Å². The minimum Gasteiger partial charge on any atom is -0.321 e. The van der Waals surface area contributed by atoms with E-state index in [1.165, 1.54) is 12.1 Å². The number of anilines is 1. The van der Waals surface area contributed by atoms with E-state index in [1.54, 1.807) is 6.07 Å². The molecule has 0 spiro atoms. The molecule has 0 amide bonds. The Hall–Kier alpha value is -1.86. The summed E-state index contributed by atoms with van der Waals surface area (Å²) in [5.41, 5.74) is 2.81. The smallest absolute Gasteiger partial charge is 0.193 e. The molecule has 0 saturated heterocycles. The number of nitrogens with two attached hydrogens (primary N) is 1. The van der Waals surface area contributed by atoms with Crippen LogP contribution in [0.15, 0.2) is 18.2 Å². The molecule has 3 nitrogen and oxygen atoms in total. The molecule has 1 aromatic rings. The number of carbonyl (C=O) groups excluding carboxylic acids is 1. The highest BCUT2D eigenvalue weighted by Gasteiger charge is 1.99. The zero-order valence-electron chi connectivity index (χ0n) is 6.67. The third kappa shape index (κ3) is 2.29. The predicted molar refractivity (Wildman–Crippen MR) is 47.2 cm³/mol. The first kappa shape index (κ1) is 9.23.